The number of hydrogen-bond acceptors (Lipinski definition) is 3. The minimum absolute atomic E-state index is 0.112. The summed E-state index contributed by atoms with van der Waals surface area (Å²) in [7, 11) is 0. The van der Waals surface area contributed by atoms with Crippen LogP contribution in [0.5, 0.6) is 0 Å². The Morgan fingerprint density at radius 3 is 2.69 bits per heavy atom. The summed E-state index contributed by atoms with van der Waals surface area (Å²) < 4.78 is 0. The molecule has 0 unspecified atom stereocenters. The van der Waals surface area contributed by atoms with Crippen molar-refractivity contribution in [2.75, 3.05) is 16.8 Å². The minimum Gasteiger partial charge on any atom is -0.325 e. The Balaban J connectivity index is 1.55. The number of carbonyl (C=O) groups is 2. The minimum atomic E-state index is -0.386. The van der Waals surface area contributed by atoms with Crippen LogP contribution < -0.4 is 10.2 Å². The molecule has 1 fully saturated rings. The molecule has 1 aromatic carbocycles. The highest BCUT2D eigenvalue weighted by Crippen LogP contribution is 2.44. The molecule has 1 aliphatic carbocycles. The molecule has 4 nitrogen and oxygen atoms in total. The van der Waals surface area contributed by atoms with Gasteiger partial charge in [0.25, 0.3) is 0 Å². The van der Waals surface area contributed by atoms with Gasteiger partial charge in [-0.2, -0.15) is 0 Å². The summed E-state index contributed by atoms with van der Waals surface area (Å²) in [6, 6.07) is 10.2. The number of benzene rings is 1. The number of carbonyl (C=O) groups excluding carboxylic acids is 2. The van der Waals surface area contributed by atoms with E-state index in [0.29, 0.717) is 12.3 Å². The lowest BCUT2D eigenvalue weighted by Gasteiger charge is -2.31. The topological polar surface area (TPSA) is 49.4 Å². The zero-order valence-electron chi connectivity index (χ0n) is 17.4. The summed E-state index contributed by atoms with van der Waals surface area (Å²) in [5, 5.41) is 5.26. The molecule has 2 heterocycles. The maximum Gasteiger partial charge on any atom is 0.235 e. The first-order chi connectivity index (χ1) is 14.0. The van der Waals surface area contributed by atoms with Gasteiger partial charge >= 0.3 is 0 Å². The summed E-state index contributed by atoms with van der Waals surface area (Å²) in [6.07, 6.45) is 6.31. The van der Waals surface area contributed by atoms with Gasteiger partial charge in [-0.15, -0.1) is 11.3 Å². The van der Waals surface area contributed by atoms with Gasteiger partial charge in [0.2, 0.25) is 11.8 Å². The summed E-state index contributed by atoms with van der Waals surface area (Å²) in [5.74, 6) is 0.880. The number of fused-ring (bicyclic) bond motifs is 1. The molecule has 0 atom stereocenters. The first-order valence-corrected chi connectivity index (χ1v) is 11.7. The van der Waals surface area contributed by atoms with E-state index in [9.17, 15) is 9.59 Å². The quantitative estimate of drug-likeness (QED) is 0.681. The van der Waals surface area contributed by atoms with E-state index in [2.05, 4.69) is 36.7 Å². The van der Waals surface area contributed by atoms with Crippen LogP contribution in [-0.4, -0.2) is 18.4 Å². The van der Waals surface area contributed by atoms with Crippen molar-refractivity contribution < 1.29 is 9.59 Å². The fourth-order valence-corrected chi connectivity index (χ4v) is 5.62. The zero-order valence-corrected chi connectivity index (χ0v) is 18.2. The summed E-state index contributed by atoms with van der Waals surface area (Å²) in [4.78, 5) is 28.9. The molecule has 2 aromatic rings. The van der Waals surface area contributed by atoms with Gasteiger partial charge in [-0.05, 0) is 66.8 Å². The third kappa shape index (κ3) is 3.97. The van der Waals surface area contributed by atoms with E-state index >= 15 is 0 Å². The second kappa shape index (κ2) is 8.31. The maximum absolute atomic E-state index is 13.3. The van der Waals surface area contributed by atoms with Crippen LogP contribution in [0.1, 0.15) is 62.8 Å². The second-order valence-electron chi connectivity index (χ2n) is 8.79. The highest BCUT2D eigenvalue weighted by molar-refractivity contribution is 7.10. The average Bonchev–Trinajstić information content (AvgIpc) is 3.39. The monoisotopic (exact) mass is 410 g/mol. The lowest BCUT2D eigenvalue weighted by molar-refractivity contribution is -0.121. The first-order valence-electron chi connectivity index (χ1n) is 10.8. The standard InChI is InChI=1S/C24H30N2O2S/c1-17(2)11-14-26-20-9-8-19(16-18(20)7-10-22(26)27)25-23(28)24(12-3-4-13-24)21-6-5-15-29-21/h5-6,8-9,15-17H,3-4,7,10-14H2,1-2H3,(H,25,28). The van der Waals surface area contributed by atoms with Gasteiger partial charge in [-0.1, -0.05) is 32.8 Å². The molecule has 1 aliphatic heterocycles. The first kappa shape index (κ1) is 20.1. The van der Waals surface area contributed by atoms with E-state index < -0.39 is 0 Å². The summed E-state index contributed by atoms with van der Waals surface area (Å²) in [5.41, 5.74) is 2.62. The van der Waals surface area contributed by atoms with E-state index in [1.807, 2.05) is 23.1 Å². The Bertz CT molecular complexity index is 882. The largest absolute Gasteiger partial charge is 0.325 e. The molecule has 2 aliphatic rings. The number of anilines is 2. The smallest absolute Gasteiger partial charge is 0.235 e. The third-order valence-corrected chi connectivity index (χ3v) is 7.43. The zero-order chi connectivity index (χ0) is 20.4. The van der Waals surface area contributed by atoms with E-state index in [4.69, 9.17) is 0 Å². The van der Waals surface area contributed by atoms with Gasteiger partial charge in [0.15, 0.2) is 0 Å². The van der Waals surface area contributed by atoms with Crippen molar-refractivity contribution in [3.8, 4) is 0 Å². The predicted octanol–water partition coefficient (Wildman–Crippen LogP) is 5.52. The number of amides is 2. The van der Waals surface area contributed by atoms with Crippen molar-refractivity contribution in [3.63, 3.8) is 0 Å². The molecule has 2 amide bonds. The molecule has 154 valence electrons. The maximum atomic E-state index is 13.3. The highest BCUT2D eigenvalue weighted by Gasteiger charge is 2.43. The lowest BCUT2D eigenvalue weighted by atomic mass is 9.83. The molecule has 0 bridgehead atoms. The molecule has 5 heteroatoms. The molecule has 4 rings (SSSR count). The Morgan fingerprint density at radius 1 is 1.21 bits per heavy atom. The van der Waals surface area contributed by atoms with Crippen LogP contribution in [0.2, 0.25) is 0 Å². The lowest BCUT2D eigenvalue weighted by Crippen LogP contribution is -2.38. The molecule has 1 aromatic heterocycles. The molecule has 29 heavy (non-hydrogen) atoms. The van der Waals surface area contributed by atoms with Crippen molar-refractivity contribution in [3.05, 3.63) is 46.2 Å². The van der Waals surface area contributed by atoms with Gasteiger partial charge < -0.3 is 10.2 Å². The van der Waals surface area contributed by atoms with Gasteiger partial charge in [0, 0.05) is 29.2 Å². The van der Waals surface area contributed by atoms with Gasteiger partial charge in [-0.3, -0.25) is 9.59 Å². The van der Waals surface area contributed by atoms with Crippen LogP contribution in [0.15, 0.2) is 35.7 Å². The van der Waals surface area contributed by atoms with Crippen molar-refractivity contribution in [2.24, 2.45) is 5.92 Å². The number of aryl methyl sites for hydroxylation is 1. The van der Waals surface area contributed by atoms with Crippen LogP contribution in [0, 0.1) is 5.92 Å². The number of nitrogens with zero attached hydrogens (tertiary/aromatic N) is 1. The molecule has 0 radical (unpaired) electrons. The third-order valence-electron chi connectivity index (χ3n) is 6.35. The Kier molecular flexibility index (Phi) is 5.77. The van der Waals surface area contributed by atoms with E-state index in [1.165, 1.54) is 4.88 Å². The Morgan fingerprint density at radius 2 is 2.00 bits per heavy atom. The van der Waals surface area contributed by atoms with E-state index in [1.54, 1.807) is 11.3 Å². The summed E-state index contributed by atoms with van der Waals surface area (Å²) >= 11 is 1.68. The fraction of sp³-hybridized carbons (Fsp3) is 0.500. The number of hydrogen-bond donors (Lipinski definition) is 1. The second-order valence-corrected chi connectivity index (χ2v) is 9.74. The SMILES string of the molecule is CC(C)CCN1C(=O)CCc2cc(NC(=O)C3(c4cccs4)CCCC3)ccc21. The molecular weight excluding hydrogens is 380 g/mol. The Labute approximate surface area is 177 Å². The van der Waals surface area contributed by atoms with Crippen LogP contribution in [0.4, 0.5) is 11.4 Å². The van der Waals surface area contributed by atoms with Crippen LogP contribution >= 0.6 is 11.3 Å². The Hall–Kier alpha value is -2.14. The van der Waals surface area contributed by atoms with Gasteiger partial charge in [0.1, 0.15) is 0 Å². The van der Waals surface area contributed by atoms with Gasteiger partial charge in [-0.25, -0.2) is 0 Å². The molecule has 0 saturated heterocycles. The summed E-state index contributed by atoms with van der Waals surface area (Å²) in [6.45, 7) is 5.12. The normalized spacial score (nSPS) is 18.2. The fourth-order valence-electron chi connectivity index (χ4n) is 4.64. The van der Waals surface area contributed by atoms with Crippen molar-refractivity contribution in [1.82, 2.24) is 0 Å². The average molecular weight is 411 g/mol. The predicted molar refractivity (Wildman–Crippen MR) is 120 cm³/mol. The highest BCUT2D eigenvalue weighted by atomic mass is 32.1. The van der Waals surface area contributed by atoms with Crippen molar-refractivity contribution >= 4 is 34.5 Å². The van der Waals surface area contributed by atoms with Crippen LogP contribution in [-0.2, 0) is 21.4 Å². The molecule has 1 N–H and O–H groups in total. The van der Waals surface area contributed by atoms with E-state index in [0.717, 1.165) is 62.0 Å². The molecular formula is C24H30N2O2S. The van der Waals surface area contributed by atoms with Crippen molar-refractivity contribution in [1.29, 1.82) is 0 Å². The number of thiophene rings is 1. The van der Waals surface area contributed by atoms with E-state index in [-0.39, 0.29) is 17.2 Å². The van der Waals surface area contributed by atoms with Crippen molar-refractivity contribution in [2.45, 2.75) is 64.2 Å². The van der Waals surface area contributed by atoms with Gasteiger partial charge in [0.05, 0.1) is 5.41 Å². The van der Waals surface area contributed by atoms with Crippen LogP contribution in [0.3, 0.4) is 0 Å². The molecule has 0 spiro atoms. The van der Waals surface area contributed by atoms with Crippen LogP contribution in [0.25, 0.3) is 0 Å². The number of rotatable bonds is 6. The number of nitrogens with one attached hydrogen (secondary N) is 1. The molecule has 1 saturated carbocycles.